The third-order valence-electron chi connectivity index (χ3n) is 3.41. The van der Waals surface area contributed by atoms with Gasteiger partial charge in [0, 0.05) is 6.54 Å². The number of rotatable bonds is 4. The van der Waals surface area contributed by atoms with Gasteiger partial charge in [-0.25, -0.2) is 0 Å². The summed E-state index contributed by atoms with van der Waals surface area (Å²) in [6.07, 6.45) is 0.932. The molecule has 2 rings (SSSR count). The first-order valence-corrected chi connectivity index (χ1v) is 6.35. The minimum Gasteiger partial charge on any atom is -0.497 e. The minimum absolute atomic E-state index is 0.0315. The topological polar surface area (TPSA) is 50.4 Å². The number of carbonyl (C=O) groups excluding carboxylic acids is 1. The molecule has 1 aromatic rings. The molecule has 1 aliphatic heterocycles. The maximum Gasteiger partial charge on any atom is 0.224 e. The van der Waals surface area contributed by atoms with Crippen LogP contribution in [-0.2, 0) is 4.79 Å². The first kappa shape index (κ1) is 12.9. The molecule has 98 valence electrons. The highest BCUT2D eigenvalue weighted by atomic mass is 16.5. The molecule has 1 aliphatic rings. The number of hydrogen-bond acceptors (Lipinski definition) is 3. The van der Waals surface area contributed by atoms with Gasteiger partial charge in [-0.2, -0.15) is 0 Å². The van der Waals surface area contributed by atoms with E-state index < -0.39 is 0 Å². The van der Waals surface area contributed by atoms with Crippen molar-refractivity contribution in [3.8, 4) is 5.75 Å². The quantitative estimate of drug-likeness (QED) is 0.848. The van der Waals surface area contributed by atoms with Crippen molar-refractivity contribution in [2.24, 2.45) is 5.92 Å². The normalized spacial score (nSPS) is 20.4. The zero-order valence-electron chi connectivity index (χ0n) is 10.9. The molecule has 1 saturated heterocycles. The molecule has 2 atom stereocenters. The van der Waals surface area contributed by atoms with E-state index in [1.807, 2.05) is 31.2 Å². The average Bonchev–Trinajstić information content (AvgIpc) is 2.92. The summed E-state index contributed by atoms with van der Waals surface area (Å²) in [5.41, 5.74) is 1.09. The summed E-state index contributed by atoms with van der Waals surface area (Å²) in [6, 6.07) is 7.82. The average molecular weight is 248 g/mol. The summed E-state index contributed by atoms with van der Waals surface area (Å²) in [6.45, 7) is 3.73. The first-order valence-electron chi connectivity index (χ1n) is 6.35. The number of nitrogens with one attached hydrogen (secondary N) is 2. The molecule has 4 nitrogen and oxygen atoms in total. The SMILES string of the molecule is COc1ccc([C@@H](C)NC(=O)C2CCNC2)cc1. The number of amides is 1. The Morgan fingerprint density at radius 2 is 2.17 bits per heavy atom. The lowest BCUT2D eigenvalue weighted by molar-refractivity contribution is -0.125. The van der Waals surface area contributed by atoms with Gasteiger partial charge in [0.15, 0.2) is 0 Å². The van der Waals surface area contributed by atoms with Gasteiger partial charge >= 0.3 is 0 Å². The highest BCUT2D eigenvalue weighted by Crippen LogP contribution is 2.18. The van der Waals surface area contributed by atoms with Crippen molar-refractivity contribution in [1.29, 1.82) is 0 Å². The van der Waals surface area contributed by atoms with Crippen LogP contribution in [0.15, 0.2) is 24.3 Å². The van der Waals surface area contributed by atoms with Gasteiger partial charge in [0.2, 0.25) is 5.91 Å². The molecule has 0 spiro atoms. The van der Waals surface area contributed by atoms with E-state index in [0.29, 0.717) is 0 Å². The van der Waals surface area contributed by atoms with Gasteiger partial charge in [0.05, 0.1) is 19.1 Å². The molecule has 0 aliphatic carbocycles. The molecule has 1 fully saturated rings. The monoisotopic (exact) mass is 248 g/mol. The lowest BCUT2D eigenvalue weighted by atomic mass is 10.1. The number of hydrogen-bond donors (Lipinski definition) is 2. The van der Waals surface area contributed by atoms with Crippen LogP contribution in [0.1, 0.15) is 24.9 Å². The Hall–Kier alpha value is -1.55. The molecule has 0 saturated carbocycles. The van der Waals surface area contributed by atoms with Gasteiger partial charge < -0.3 is 15.4 Å². The van der Waals surface area contributed by atoms with Crippen LogP contribution in [0.5, 0.6) is 5.75 Å². The summed E-state index contributed by atoms with van der Waals surface area (Å²) in [5, 5.41) is 6.26. The van der Waals surface area contributed by atoms with E-state index in [9.17, 15) is 4.79 Å². The van der Waals surface area contributed by atoms with Crippen molar-refractivity contribution in [2.75, 3.05) is 20.2 Å². The van der Waals surface area contributed by atoms with E-state index in [0.717, 1.165) is 30.8 Å². The number of benzene rings is 1. The summed E-state index contributed by atoms with van der Waals surface area (Å²) in [4.78, 5) is 12.0. The van der Waals surface area contributed by atoms with E-state index in [-0.39, 0.29) is 17.9 Å². The highest BCUT2D eigenvalue weighted by molar-refractivity contribution is 5.79. The van der Waals surface area contributed by atoms with Crippen molar-refractivity contribution >= 4 is 5.91 Å². The van der Waals surface area contributed by atoms with Crippen molar-refractivity contribution in [2.45, 2.75) is 19.4 Å². The summed E-state index contributed by atoms with van der Waals surface area (Å²) >= 11 is 0. The number of ether oxygens (including phenoxy) is 1. The van der Waals surface area contributed by atoms with Crippen LogP contribution in [0.3, 0.4) is 0 Å². The fraction of sp³-hybridized carbons (Fsp3) is 0.500. The van der Waals surface area contributed by atoms with Gasteiger partial charge in [-0.15, -0.1) is 0 Å². The van der Waals surface area contributed by atoms with Crippen LogP contribution >= 0.6 is 0 Å². The van der Waals surface area contributed by atoms with Crippen LogP contribution in [-0.4, -0.2) is 26.1 Å². The lowest BCUT2D eigenvalue weighted by Crippen LogP contribution is -2.33. The van der Waals surface area contributed by atoms with Gasteiger partial charge in [0.1, 0.15) is 5.75 Å². The Bertz CT molecular complexity index is 397. The van der Waals surface area contributed by atoms with Crippen LogP contribution in [0.4, 0.5) is 0 Å². The molecular formula is C14H20N2O2. The van der Waals surface area contributed by atoms with Gasteiger partial charge in [0.25, 0.3) is 0 Å². The van der Waals surface area contributed by atoms with Crippen LogP contribution in [0.2, 0.25) is 0 Å². The molecule has 1 amide bonds. The molecule has 0 aromatic heterocycles. The highest BCUT2D eigenvalue weighted by Gasteiger charge is 2.23. The Morgan fingerprint density at radius 3 is 2.72 bits per heavy atom. The second kappa shape index (κ2) is 5.87. The van der Waals surface area contributed by atoms with E-state index in [1.165, 1.54) is 0 Å². The predicted molar refractivity (Wildman–Crippen MR) is 70.5 cm³/mol. The molecule has 1 aromatic carbocycles. The Morgan fingerprint density at radius 1 is 1.44 bits per heavy atom. The van der Waals surface area contributed by atoms with E-state index in [2.05, 4.69) is 10.6 Å². The maximum absolute atomic E-state index is 12.0. The van der Waals surface area contributed by atoms with Crippen molar-refractivity contribution in [3.05, 3.63) is 29.8 Å². The fourth-order valence-corrected chi connectivity index (χ4v) is 2.19. The van der Waals surface area contributed by atoms with Crippen molar-refractivity contribution in [1.82, 2.24) is 10.6 Å². The van der Waals surface area contributed by atoms with Gasteiger partial charge in [-0.1, -0.05) is 12.1 Å². The second-order valence-electron chi connectivity index (χ2n) is 4.69. The summed E-state index contributed by atoms with van der Waals surface area (Å²) < 4.78 is 5.12. The van der Waals surface area contributed by atoms with Crippen LogP contribution in [0, 0.1) is 5.92 Å². The minimum atomic E-state index is 0.0315. The Balaban J connectivity index is 1.93. The summed E-state index contributed by atoms with van der Waals surface area (Å²) in [7, 11) is 1.65. The van der Waals surface area contributed by atoms with Crippen molar-refractivity contribution < 1.29 is 9.53 Å². The first-order chi connectivity index (χ1) is 8.70. The number of carbonyl (C=O) groups is 1. The molecule has 4 heteroatoms. The largest absolute Gasteiger partial charge is 0.497 e. The van der Waals surface area contributed by atoms with E-state index in [4.69, 9.17) is 4.74 Å². The third-order valence-corrected chi connectivity index (χ3v) is 3.41. The second-order valence-corrected chi connectivity index (χ2v) is 4.69. The standard InChI is InChI=1S/C14H20N2O2/c1-10(11-3-5-13(18-2)6-4-11)16-14(17)12-7-8-15-9-12/h3-6,10,12,15H,7-9H2,1-2H3,(H,16,17)/t10-,12?/m1/s1. The third kappa shape index (κ3) is 3.01. The summed E-state index contributed by atoms with van der Waals surface area (Å²) in [5.74, 6) is 1.09. The predicted octanol–water partition coefficient (Wildman–Crippen LogP) is 1.48. The van der Waals surface area contributed by atoms with E-state index in [1.54, 1.807) is 7.11 Å². The molecule has 0 radical (unpaired) electrons. The molecule has 1 heterocycles. The van der Waals surface area contributed by atoms with Gasteiger partial charge in [-0.05, 0) is 37.6 Å². The molecule has 1 unspecified atom stereocenters. The molecule has 18 heavy (non-hydrogen) atoms. The zero-order chi connectivity index (χ0) is 13.0. The van der Waals surface area contributed by atoms with Crippen molar-refractivity contribution in [3.63, 3.8) is 0 Å². The van der Waals surface area contributed by atoms with Gasteiger partial charge in [-0.3, -0.25) is 4.79 Å². The Labute approximate surface area is 108 Å². The lowest BCUT2D eigenvalue weighted by Gasteiger charge is -2.17. The molecule has 0 bridgehead atoms. The van der Waals surface area contributed by atoms with Crippen LogP contribution < -0.4 is 15.4 Å². The van der Waals surface area contributed by atoms with E-state index >= 15 is 0 Å². The maximum atomic E-state index is 12.0. The smallest absolute Gasteiger partial charge is 0.224 e. The molecule has 2 N–H and O–H groups in total. The molecular weight excluding hydrogens is 228 g/mol. The number of methoxy groups -OCH3 is 1. The van der Waals surface area contributed by atoms with Crippen LogP contribution in [0.25, 0.3) is 0 Å². The Kier molecular flexibility index (Phi) is 4.20. The fourth-order valence-electron chi connectivity index (χ4n) is 2.19. The zero-order valence-corrected chi connectivity index (χ0v) is 10.9.